The quantitative estimate of drug-likeness (QED) is 0.349. The zero-order chi connectivity index (χ0) is 16.8. The van der Waals surface area contributed by atoms with Gasteiger partial charge in [-0.1, -0.05) is 30.3 Å². The van der Waals surface area contributed by atoms with Gasteiger partial charge in [0.15, 0.2) is 5.78 Å². The van der Waals surface area contributed by atoms with Crippen LogP contribution < -0.4 is 18.9 Å². The van der Waals surface area contributed by atoms with Crippen LogP contribution in [0.1, 0.15) is 24.2 Å². The van der Waals surface area contributed by atoms with Crippen LogP contribution in [0.15, 0.2) is 60.7 Å². The first kappa shape index (κ1) is 23.4. The van der Waals surface area contributed by atoms with Crippen molar-refractivity contribution in [2.45, 2.75) is 13.8 Å². The molecule has 2 rings (SSSR count). The first-order valence-corrected chi connectivity index (χ1v) is 6.74. The number of nitrogens with zero attached hydrogens (tertiary/aromatic N) is 1. The van der Waals surface area contributed by atoms with Crippen molar-refractivity contribution in [3.8, 4) is 0 Å². The second-order valence-corrected chi connectivity index (χ2v) is 4.20. The van der Waals surface area contributed by atoms with E-state index in [9.17, 15) is 9.59 Å². The fourth-order valence-electron chi connectivity index (χ4n) is 1.14. The molecule has 0 aliphatic carbocycles. The summed E-state index contributed by atoms with van der Waals surface area (Å²) in [6.45, 7) is 3.00. The Hall–Kier alpha value is -1.86. The van der Waals surface area contributed by atoms with E-state index < -0.39 is 0 Å². The topological polar surface area (TPSA) is 46.6 Å². The zero-order valence-corrected chi connectivity index (χ0v) is 14.4. The molecule has 118 valence electrons. The maximum Gasteiger partial charge on any atom is 1.00 e. The number of carbonyl (C=O) groups is 2. The number of carbonyl (C=O) groups excluding carboxylic acids is 2. The van der Waals surface area contributed by atoms with Crippen LogP contribution in [0.5, 0.6) is 0 Å². The molecular formula is C18H22LiNO3. The van der Waals surface area contributed by atoms with Gasteiger partial charge in [0.05, 0.1) is 7.11 Å². The second kappa shape index (κ2) is 15.0. The molecule has 0 atom stereocenters. The number of rotatable bonds is 2. The summed E-state index contributed by atoms with van der Waals surface area (Å²) < 4.78 is 0. The summed E-state index contributed by atoms with van der Waals surface area (Å²) in [7, 11) is 3.00. The fraction of sp³-hybridized carbons (Fsp3) is 0.222. The molecule has 0 fully saturated rings. The van der Waals surface area contributed by atoms with E-state index in [4.69, 9.17) is 0 Å². The normalized spacial score (nSPS) is 8.17. The molecule has 0 saturated heterocycles. The Morgan fingerprint density at radius 3 is 1.61 bits per heavy atom. The maximum atomic E-state index is 10.6. The molecule has 5 heteroatoms. The van der Waals surface area contributed by atoms with Crippen LogP contribution in [0.2, 0.25) is 0 Å². The van der Waals surface area contributed by atoms with Crippen molar-refractivity contribution in [3.63, 3.8) is 0 Å². The summed E-state index contributed by atoms with van der Waals surface area (Å²) in [4.78, 5) is 25.3. The molecule has 0 spiro atoms. The zero-order valence-electron chi connectivity index (χ0n) is 14.4. The van der Waals surface area contributed by atoms with Crippen LogP contribution in [0, 0.1) is 6.07 Å². The molecule has 0 aliphatic rings. The van der Waals surface area contributed by atoms with Crippen molar-refractivity contribution >= 4 is 11.7 Å². The van der Waals surface area contributed by atoms with Gasteiger partial charge in [-0.25, -0.2) is 5.06 Å². The van der Waals surface area contributed by atoms with Gasteiger partial charge in [0.2, 0.25) is 5.91 Å². The fourth-order valence-corrected chi connectivity index (χ4v) is 1.14. The summed E-state index contributed by atoms with van der Waals surface area (Å²) in [6, 6.07) is 21.7. The van der Waals surface area contributed by atoms with Crippen LogP contribution >= 0.6 is 0 Å². The van der Waals surface area contributed by atoms with Crippen molar-refractivity contribution < 1.29 is 33.3 Å². The standard InChI is InChI=1S/C8H8O.C6H5.C4H9NO2.Li/c1-7(9)8-5-3-2-4-6-8;1-2-4-6-5-3-1;1-4(6)5(2)7-3;/h2-6H,1H3;1-5H;1-3H3;/q;-1;;+1. The molecule has 0 radical (unpaired) electrons. The number of Topliss-reactive ketones (excluding diaryl/α,β-unsaturated/α-hetero) is 1. The Kier molecular flexibility index (Phi) is 15.3. The average molecular weight is 307 g/mol. The number of amides is 1. The summed E-state index contributed by atoms with van der Waals surface area (Å²) in [5, 5.41) is 1.15. The predicted octanol–water partition coefficient (Wildman–Crippen LogP) is 0.406. The van der Waals surface area contributed by atoms with Crippen molar-refractivity contribution in [2.24, 2.45) is 0 Å². The minimum atomic E-state index is -0.0949. The molecule has 0 aromatic heterocycles. The Balaban J connectivity index is 0. The molecule has 23 heavy (non-hydrogen) atoms. The van der Waals surface area contributed by atoms with E-state index in [1.807, 2.05) is 60.7 Å². The van der Waals surface area contributed by atoms with Gasteiger partial charge in [0.25, 0.3) is 0 Å². The molecule has 0 unspecified atom stereocenters. The van der Waals surface area contributed by atoms with Crippen LogP contribution in [0.25, 0.3) is 0 Å². The average Bonchev–Trinajstić information content (AvgIpc) is 2.57. The third-order valence-corrected chi connectivity index (χ3v) is 2.50. The van der Waals surface area contributed by atoms with Gasteiger partial charge in [-0.3, -0.25) is 14.4 Å². The van der Waals surface area contributed by atoms with Gasteiger partial charge in [-0.2, -0.15) is 36.4 Å². The van der Waals surface area contributed by atoms with Gasteiger partial charge in [0, 0.05) is 19.5 Å². The van der Waals surface area contributed by atoms with Gasteiger partial charge in [-0.15, -0.1) is 0 Å². The molecular weight excluding hydrogens is 285 g/mol. The summed E-state index contributed by atoms with van der Waals surface area (Å²) in [5.41, 5.74) is 0.775. The predicted molar refractivity (Wildman–Crippen MR) is 87.2 cm³/mol. The molecule has 0 saturated carbocycles. The van der Waals surface area contributed by atoms with Crippen LogP contribution in [-0.2, 0) is 9.63 Å². The molecule has 0 heterocycles. The van der Waals surface area contributed by atoms with Crippen molar-refractivity contribution in [3.05, 3.63) is 72.3 Å². The number of hydroxylamine groups is 2. The van der Waals surface area contributed by atoms with Gasteiger partial charge in [0.1, 0.15) is 0 Å². The van der Waals surface area contributed by atoms with Crippen molar-refractivity contribution in [2.75, 3.05) is 14.2 Å². The Labute approximate surface area is 150 Å². The van der Waals surface area contributed by atoms with Gasteiger partial charge in [-0.05, 0) is 6.92 Å². The summed E-state index contributed by atoms with van der Waals surface area (Å²) in [6.07, 6.45) is 0. The molecule has 0 bridgehead atoms. The minimum absolute atomic E-state index is 0. The number of benzene rings is 2. The molecule has 2 aromatic rings. The minimum Gasteiger partial charge on any atom is -0.295 e. The van der Waals surface area contributed by atoms with E-state index in [2.05, 4.69) is 10.9 Å². The van der Waals surface area contributed by atoms with Crippen LogP contribution in [-0.4, -0.2) is 30.9 Å². The van der Waals surface area contributed by atoms with E-state index in [1.165, 1.54) is 14.0 Å². The molecule has 2 aromatic carbocycles. The third kappa shape index (κ3) is 13.5. The molecule has 4 nitrogen and oxygen atoms in total. The van der Waals surface area contributed by atoms with Gasteiger partial charge < -0.3 is 0 Å². The Morgan fingerprint density at radius 1 is 0.957 bits per heavy atom. The Morgan fingerprint density at radius 2 is 1.43 bits per heavy atom. The van der Waals surface area contributed by atoms with E-state index in [-0.39, 0.29) is 30.6 Å². The number of hydrogen-bond donors (Lipinski definition) is 0. The van der Waals surface area contributed by atoms with Crippen molar-refractivity contribution in [1.29, 1.82) is 0 Å². The Bertz CT molecular complexity index is 506. The van der Waals surface area contributed by atoms with E-state index in [0.717, 1.165) is 10.6 Å². The summed E-state index contributed by atoms with van der Waals surface area (Å²) >= 11 is 0. The van der Waals surface area contributed by atoms with E-state index in [1.54, 1.807) is 14.0 Å². The molecule has 0 N–H and O–H groups in total. The molecule has 0 aliphatic heterocycles. The third-order valence-electron chi connectivity index (χ3n) is 2.50. The number of ketones is 1. The maximum absolute atomic E-state index is 10.6. The van der Waals surface area contributed by atoms with E-state index >= 15 is 0 Å². The number of hydrogen-bond acceptors (Lipinski definition) is 3. The summed E-state index contributed by atoms with van der Waals surface area (Å²) in [5.74, 6) is 0.0260. The van der Waals surface area contributed by atoms with Crippen LogP contribution in [0.4, 0.5) is 0 Å². The first-order chi connectivity index (χ1) is 10.5. The van der Waals surface area contributed by atoms with E-state index in [0.29, 0.717) is 0 Å². The largest absolute Gasteiger partial charge is 1.00 e. The van der Waals surface area contributed by atoms with Crippen LogP contribution in [0.3, 0.4) is 0 Å². The van der Waals surface area contributed by atoms with Gasteiger partial charge >= 0.3 is 18.9 Å². The molecule has 1 amide bonds. The first-order valence-electron chi connectivity index (χ1n) is 6.74. The monoisotopic (exact) mass is 307 g/mol. The second-order valence-electron chi connectivity index (χ2n) is 4.20. The smallest absolute Gasteiger partial charge is 0.295 e. The van der Waals surface area contributed by atoms with Crippen molar-refractivity contribution in [1.82, 2.24) is 5.06 Å². The SMILES string of the molecule is CC(=O)c1ccccc1.CON(C)C(C)=O.[Li+].[c-]1ccccc1.